The van der Waals surface area contributed by atoms with E-state index in [1.807, 2.05) is 31.2 Å². The van der Waals surface area contributed by atoms with Crippen molar-refractivity contribution in [3.63, 3.8) is 0 Å². The summed E-state index contributed by atoms with van der Waals surface area (Å²) in [5, 5.41) is 0. The van der Waals surface area contributed by atoms with Gasteiger partial charge in [0.15, 0.2) is 0 Å². The summed E-state index contributed by atoms with van der Waals surface area (Å²) in [6, 6.07) is 37.4. The first-order valence-corrected chi connectivity index (χ1v) is 12.8. The molecule has 4 aromatic carbocycles. The lowest BCUT2D eigenvalue weighted by atomic mass is 9.65. The Bertz CT molecular complexity index is 1190. The molecule has 0 bridgehead atoms. The van der Waals surface area contributed by atoms with Crippen LogP contribution in [0.4, 0.5) is 0 Å². The average molecular weight is 479 g/mol. The van der Waals surface area contributed by atoms with Crippen LogP contribution in [0, 0.1) is 0 Å². The first-order valence-electron chi connectivity index (χ1n) is 12.8. The molecular weight excluding hydrogens is 444 g/mol. The van der Waals surface area contributed by atoms with Gasteiger partial charge in [-0.1, -0.05) is 98.8 Å². The fourth-order valence-electron chi connectivity index (χ4n) is 4.64. The molecule has 184 valence electrons. The topological polar surface area (TPSA) is 35.5 Å². The van der Waals surface area contributed by atoms with E-state index in [-0.39, 0.29) is 12.1 Å². The highest BCUT2D eigenvalue weighted by Crippen LogP contribution is 2.45. The Morgan fingerprint density at radius 2 is 1.11 bits per heavy atom. The smallest absolute Gasteiger partial charge is 0.311 e. The van der Waals surface area contributed by atoms with Crippen molar-refractivity contribution in [1.29, 1.82) is 0 Å². The predicted octanol–water partition coefficient (Wildman–Crippen LogP) is 7.95. The van der Waals surface area contributed by atoms with Crippen molar-refractivity contribution in [2.24, 2.45) is 0 Å². The van der Waals surface area contributed by atoms with E-state index in [9.17, 15) is 4.79 Å². The van der Waals surface area contributed by atoms with E-state index in [0.29, 0.717) is 12.2 Å². The second-order valence-corrected chi connectivity index (χ2v) is 9.09. The number of benzene rings is 4. The maximum atomic E-state index is 12.1. The SMILES string of the molecule is CCCC(=O)Oc1ccc(C(c2ccccc2)(c2ccccc2)c2ccc(OC(C)CC)cc2)cc1. The fourth-order valence-corrected chi connectivity index (χ4v) is 4.64. The molecule has 0 heterocycles. The Morgan fingerprint density at radius 3 is 1.56 bits per heavy atom. The normalized spacial score (nSPS) is 12.1. The minimum Gasteiger partial charge on any atom is -0.491 e. The number of carbonyl (C=O) groups is 1. The molecule has 1 unspecified atom stereocenters. The molecule has 0 N–H and O–H groups in total. The van der Waals surface area contributed by atoms with Crippen molar-refractivity contribution in [2.45, 2.75) is 51.6 Å². The Kier molecular flexibility index (Phi) is 8.22. The molecule has 0 aliphatic rings. The molecule has 0 aromatic heterocycles. The zero-order valence-electron chi connectivity index (χ0n) is 21.3. The summed E-state index contributed by atoms with van der Waals surface area (Å²) in [5.74, 6) is 1.21. The first kappa shape index (κ1) is 25.2. The van der Waals surface area contributed by atoms with Gasteiger partial charge in [0.25, 0.3) is 0 Å². The van der Waals surface area contributed by atoms with Gasteiger partial charge in [-0.05, 0) is 66.3 Å². The third kappa shape index (κ3) is 5.36. The van der Waals surface area contributed by atoms with E-state index >= 15 is 0 Å². The van der Waals surface area contributed by atoms with Gasteiger partial charge < -0.3 is 9.47 Å². The number of esters is 1. The zero-order valence-corrected chi connectivity index (χ0v) is 21.3. The molecule has 0 spiro atoms. The molecule has 36 heavy (non-hydrogen) atoms. The highest BCUT2D eigenvalue weighted by atomic mass is 16.5. The van der Waals surface area contributed by atoms with Crippen molar-refractivity contribution in [3.05, 3.63) is 131 Å². The van der Waals surface area contributed by atoms with Crippen LogP contribution in [-0.4, -0.2) is 12.1 Å². The molecule has 0 aliphatic carbocycles. The molecule has 4 rings (SSSR count). The fraction of sp³-hybridized carbons (Fsp3) is 0.242. The van der Waals surface area contributed by atoms with E-state index < -0.39 is 5.41 Å². The molecule has 3 nitrogen and oxygen atoms in total. The van der Waals surface area contributed by atoms with Gasteiger partial charge in [-0.15, -0.1) is 0 Å². The Balaban J connectivity index is 1.88. The van der Waals surface area contributed by atoms with Crippen LogP contribution in [0.2, 0.25) is 0 Å². The lowest BCUT2D eigenvalue weighted by molar-refractivity contribution is -0.134. The standard InChI is InChI=1S/C33H34O3/c1-4-12-32(34)36-31-23-19-29(20-24-31)33(26-13-8-6-9-14-26,27-15-10-7-11-16-27)28-17-21-30(22-18-28)35-25(3)5-2/h6-11,13-25H,4-5,12H2,1-3H3. The van der Waals surface area contributed by atoms with Crippen LogP contribution in [-0.2, 0) is 10.2 Å². The van der Waals surface area contributed by atoms with Gasteiger partial charge in [0.2, 0.25) is 0 Å². The number of rotatable bonds is 10. The summed E-state index contributed by atoms with van der Waals surface area (Å²) in [6.45, 7) is 6.18. The van der Waals surface area contributed by atoms with Gasteiger partial charge in [-0.25, -0.2) is 0 Å². The Morgan fingerprint density at radius 1 is 0.667 bits per heavy atom. The van der Waals surface area contributed by atoms with Crippen molar-refractivity contribution in [1.82, 2.24) is 0 Å². The molecule has 0 amide bonds. The zero-order chi connectivity index (χ0) is 25.4. The molecule has 1 atom stereocenters. The van der Waals surface area contributed by atoms with E-state index in [4.69, 9.17) is 9.47 Å². The van der Waals surface area contributed by atoms with Crippen LogP contribution >= 0.6 is 0 Å². The van der Waals surface area contributed by atoms with Gasteiger partial charge in [0.1, 0.15) is 11.5 Å². The Labute approximate surface area is 214 Å². The number of carbonyl (C=O) groups excluding carboxylic acids is 1. The largest absolute Gasteiger partial charge is 0.491 e. The van der Waals surface area contributed by atoms with Crippen LogP contribution in [0.25, 0.3) is 0 Å². The summed E-state index contributed by atoms with van der Waals surface area (Å²) >= 11 is 0. The summed E-state index contributed by atoms with van der Waals surface area (Å²) in [6.07, 6.45) is 2.28. The van der Waals surface area contributed by atoms with Crippen molar-refractivity contribution >= 4 is 5.97 Å². The number of ether oxygens (including phenoxy) is 2. The number of hydrogen-bond donors (Lipinski definition) is 0. The molecule has 0 saturated carbocycles. The highest BCUT2D eigenvalue weighted by Gasteiger charge is 2.38. The van der Waals surface area contributed by atoms with Crippen molar-refractivity contribution in [3.8, 4) is 11.5 Å². The molecule has 0 saturated heterocycles. The van der Waals surface area contributed by atoms with Gasteiger partial charge >= 0.3 is 5.97 Å². The third-order valence-corrected chi connectivity index (χ3v) is 6.59. The van der Waals surface area contributed by atoms with Gasteiger partial charge in [-0.2, -0.15) is 0 Å². The predicted molar refractivity (Wildman–Crippen MR) is 146 cm³/mol. The maximum Gasteiger partial charge on any atom is 0.311 e. The quantitative estimate of drug-likeness (QED) is 0.132. The van der Waals surface area contributed by atoms with Crippen LogP contribution in [0.15, 0.2) is 109 Å². The van der Waals surface area contributed by atoms with Crippen LogP contribution in [0.1, 0.15) is 62.3 Å². The number of hydrogen-bond acceptors (Lipinski definition) is 3. The van der Waals surface area contributed by atoms with Crippen molar-refractivity contribution < 1.29 is 14.3 Å². The summed E-state index contributed by atoms with van der Waals surface area (Å²) in [5.41, 5.74) is 3.96. The van der Waals surface area contributed by atoms with Crippen LogP contribution in [0.3, 0.4) is 0 Å². The Hall–Kier alpha value is -3.85. The van der Waals surface area contributed by atoms with E-state index in [2.05, 4.69) is 98.8 Å². The highest BCUT2D eigenvalue weighted by molar-refractivity contribution is 5.72. The minimum atomic E-state index is -0.566. The third-order valence-electron chi connectivity index (χ3n) is 6.59. The van der Waals surface area contributed by atoms with Crippen molar-refractivity contribution in [2.75, 3.05) is 0 Å². The molecule has 0 fully saturated rings. The maximum absolute atomic E-state index is 12.1. The molecule has 0 radical (unpaired) electrons. The second-order valence-electron chi connectivity index (χ2n) is 9.09. The summed E-state index contributed by atoms with van der Waals surface area (Å²) in [4.78, 5) is 12.1. The van der Waals surface area contributed by atoms with E-state index in [1.54, 1.807) is 0 Å². The second kappa shape index (κ2) is 11.7. The van der Waals surface area contributed by atoms with Gasteiger partial charge in [0.05, 0.1) is 11.5 Å². The van der Waals surface area contributed by atoms with E-state index in [1.165, 1.54) is 0 Å². The summed E-state index contributed by atoms with van der Waals surface area (Å²) < 4.78 is 11.6. The van der Waals surface area contributed by atoms with Crippen LogP contribution in [0.5, 0.6) is 11.5 Å². The molecule has 3 heteroatoms. The van der Waals surface area contributed by atoms with E-state index in [0.717, 1.165) is 40.8 Å². The lowest BCUT2D eigenvalue weighted by Gasteiger charge is -2.37. The average Bonchev–Trinajstić information content (AvgIpc) is 2.92. The molecular formula is C33H34O3. The molecule has 0 aliphatic heterocycles. The first-order chi connectivity index (χ1) is 17.6. The minimum absolute atomic E-state index is 0.159. The molecule has 4 aromatic rings. The lowest BCUT2D eigenvalue weighted by Crippen LogP contribution is -2.31. The summed E-state index contributed by atoms with van der Waals surface area (Å²) in [7, 11) is 0. The van der Waals surface area contributed by atoms with Gasteiger partial charge in [-0.3, -0.25) is 4.79 Å². The van der Waals surface area contributed by atoms with Crippen LogP contribution < -0.4 is 9.47 Å². The monoisotopic (exact) mass is 478 g/mol. The van der Waals surface area contributed by atoms with Gasteiger partial charge in [0, 0.05) is 6.42 Å².